The van der Waals surface area contributed by atoms with Crippen molar-refractivity contribution in [1.82, 2.24) is 14.9 Å². The van der Waals surface area contributed by atoms with Crippen molar-refractivity contribution in [2.24, 2.45) is 0 Å². The molecular formula is C15H21N3S. The third-order valence-electron chi connectivity index (χ3n) is 3.33. The summed E-state index contributed by atoms with van der Waals surface area (Å²) in [5.74, 6) is 0. The first kappa shape index (κ1) is 14.2. The number of benzene rings is 1. The summed E-state index contributed by atoms with van der Waals surface area (Å²) in [7, 11) is 0. The van der Waals surface area contributed by atoms with E-state index in [9.17, 15) is 0 Å². The summed E-state index contributed by atoms with van der Waals surface area (Å²) < 4.78 is 4.12. The Kier molecular flexibility index (Phi) is 4.66. The quantitative estimate of drug-likeness (QED) is 0.908. The molecule has 0 saturated heterocycles. The number of nitrogens with zero attached hydrogens (tertiary/aromatic N) is 2. The average Bonchev–Trinajstić information content (AvgIpc) is 2.85. The summed E-state index contributed by atoms with van der Waals surface area (Å²) in [6.07, 6.45) is 0.929. The van der Waals surface area contributed by atoms with Gasteiger partial charge in [0.25, 0.3) is 0 Å². The van der Waals surface area contributed by atoms with Crippen LogP contribution < -0.4 is 5.32 Å². The maximum Gasteiger partial charge on any atom is 0.0804 e. The number of hydrogen-bond donors (Lipinski definition) is 1. The molecule has 0 spiro atoms. The van der Waals surface area contributed by atoms with E-state index in [1.807, 2.05) is 0 Å². The molecule has 0 saturated carbocycles. The zero-order chi connectivity index (χ0) is 13.8. The highest BCUT2D eigenvalue weighted by atomic mass is 32.1. The normalized spacial score (nSPS) is 12.6. The van der Waals surface area contributed by atoms with Gasteiger partial charge in [0.1, 0.15) is 0 Å². The molecule has 0 bridgehead atoms. The zero-order valence-electron chi connectivity index (χ0n) is 12.0. The van der Waals surface area contributed by atoms with Crippen molar-refractivity contribution in [3.8, 4) is 0 Å². The molecule has 0 fully saturated rings. The van der Waals surface area contributed by atoms with Crippen LogP contribution in [0, 0.1) is 13.8 Å². The number of aryl methyl sites for hydroxylation is 3. The van der Waals surface area contributed by atoms with E-state index in [1.54, 1.807) is 0 Å². The molecule has 0 radical (unpaired) electrons. The minimum absolute atomic E-state index is 0.209. The van der Waals surface area contributed by atoms with Gasteiger partial charge in [-0.2, -0.15) is 0 Å². The molecule has 4 heteroatoms. The molecule has 1 heterocycles. The second-order valence-corrected chi connectivity index (χ2v) is 5.57. The Labute approximate surface area is 119 Å². The van der Waals surface area contributed by atoms with E-state index in [0.717, 1.165) is 18.7 Å². The van der Waals surface area contributed by atoms with Crippen molar-refractivity contribution in [2.45, 2.75) is 40.2 Å². The SMILES string of the molecule is CCNC(c1ccc(C)cc1C)c1snnc1CC. The molecule has 1 aromatic carbocycles. The van der Waals surface area contributed by atoms with E-state index >= 15 is 0 Å². The summed E-state index contributed by atoms with van der Waals surface area (Å²) in [6, 6.07) is 6.84. The predicted molar refractivity (Wildman–Crippen MR) is 80.7 cm³/mol. The van der Waals surface area contributed by atoms with Gasteiger partial charge in [0.15, 0.2) is 0 Å². The van der Waals surface area contributed by atoms with E-state index in [-0.39, 0.29) is 6.04 Å². The van der Waals surface area contributed by atoms with Crippen molar-refractivity contribution in [1.29, 1.82) is 0 Å². The second-order valence-electron chi connectivity index (χ2n) is 4.79. The fraction of sp³-hybridized carbons (Fsp3) is 0.467. The van der Waals surface area contributed by atoms with Gasteiger partial charge in [0, 0.05) is 0 Å². The highest BCUT2D eigenvalue weighted by Gasteiger charge is 2.20. The standard InChI is InChI=1S/C15H21N3S/c1-5-13-15(19-18-17-13)14(16-6-2)12-8-7-10(3)9-11(12)4/h7-9,14,16H,5-6H2,1-4H3. The maximum absolute atomic E-state index is 4.24. The first-order chi connectivity index (χ1) is 9.17. The van der Waals surface area contributed by atoms with Gasteiger partial charge in [-0.3, -0.25) is 0 Å². The van der Waals surface area contributed by atoms with E-state index in [4.69, 9.17) is 0 Å². The minimum Gasteiger partial charge on any atom is -0.306 e. The summed E-state index contributed by atoms with van der Waals surface area (Å²) >= 11 is 1.51. The van der Waals surface area contributed by atoms with Crippen molar-refractivity contribution in [3.05, 3.63) is 45.5 Å². The third-order valence-corrected chi connectivity index (χ3v) is 4.16. The second kappa shape index (κ2) is 6.26. The Morgan fingerprint density at radius 2 is 2.05 bits per heavy atom. The summed E-state index contributed by atoms with van der Waals surface area (Å²) in [6.45, 7) is 9.50. The lowest BCUT2D eigenvalue weighted by atomic mass is 9.97. The number of rotatable bonds is 5. The monoisotopic (exact) mass is 275 g/mol. The van der Waals surface area contributed by atoms with Crippen LogP contribution in [0.1, 0.15) is 47.2 Å². The Morgan fingerprint density at radius 3 is 2.68 bits per heavy atom. The highest BCUT2D eigenvalue weighted by Crippen LogP contribution is 2.29. The van der Waals surface area contributed by atoms with Gasteiger partial charge in [-0.1, -0.05) is 42.1 Å². The Hall–Kier alpha value is -1.26. The lowest BCUT2D eigenvalue weighted by Gasteiger charge is -2.20. The smallest absolute Gasteiger partial charge is 0.0804 e. The number of aromatic nitrogens is 2. The third kappa shape index (κ3) is 3.01. The number of nitrogens with one attached hydrogen (secondary N) is 1. The van der Waals surface area contributed by atoms with Crippen LogP contribution in [-0.2, 0) is 6.42 Å². The van der Waals surface area contributed by atoms with Crippen LogP contribution in [0.2, 0.25) is 0 Å². The fourth-order valence-corrected chi connectivity index (χ4v) is 3.21. The predicted octanol–water partition coefficient (Wildman–Crippen LogP) is 3.42. The zero-order valence-corrected chi connectivity index (χ0v) is 12.8. The van der Waals surface area contributed by atoms with Crippen LogP contribution in [0.15, 0.2) is 18.2 Å². The number of hydrogen-bond acceptors (Lipinski definition) is 4. The molecule has 2 aromatic rings. The first-order valence-electron chi connectivity index (χ1n) is 6.79. The molecule has 2 rings (SSSR count). The molecule has 1 atom stereocenters. The minimum atomic E-state index is 0.209. The van der Waals surface area contributed by atoms with Gasteiger partial charge in [0.05, 0.1) is 16.6 Å². The molecule has 1 aromatic heterocycles. The summed E-state index contributed by atoms with van der Waals surface area (Å²) in [4.78, 5) is 1.25. The molecule has 0 aliphatic carbocycles. The Morgan fingerprint density at radius 1 is 1.26 bits per heavy atom. The Balaban J connectivity index is 2.45. The van der Waals surface area contributed by atoms with Gasteiger partial charge in [-0.25, -0.2) is 0 Å². The first-order valence-corrected chi connectivity index (χ1v) is 7.56. The van der Waals surface area contributed by atoms with Crippen molar-refractivity contribution < 1.29 is 0 Å². The van der Waals surface area contributed by atoms with Gasteiger partial charge in [-0.05, 0) is 49.5 Å². The molecule has 19 heavy (non-hydrogen) atoms. The van der Waals surface area contributed by atoms with Gasteiger partial charge in [0.2, 0.25) is 0 Å². The molecule has 0 aliphatic rings. The van der Waals surface area contributed by atoms with Crippen LogP contribution in [0.3, 0.4) is 0 Å². The lowest BCUT2D eigenvalue weighted by Crippen LogP contribution is -2.23. The molecule has 3 nitrogen and oxygen atoms in total. The molecule has 0 amide bonds. The maximum atomic E-state index is 4.24. The molecule has 1 unspecified atom stereocenters. The Bertz CT molecular complexity index is 548. The van der Waals surface area contributed by atoms with Crippen LogP contribution in [0.25, 0.3) is 0 Å². The van der Waals surface area contributed by atoms with Gasteiger partial charge in [-0.15, -0.1) is 5.10 Å². The van der Waals surface area contributed by atoms with E-state index < -0.39 is 0 Å². The van der Waals surface area contributed by atoms with E-state index in [1.165, 1.54) is 33.1 Å². The van der Waals surface area contributed by atoms with Crippen LogP contribution >= 0.6 is 11.5 Å². The molecule has 102 valence electrons. The van der Waals surface area contributed by atoms with E-state index in [0.29, 0.717) is 0 Å². The van der Waals surface area contributed by atoms with Crippen molar-refractivity contribution in [2.75, 3.05) is 6.54 Å². The van der Waals surface area contributed by atoms with Crippen LogP contribution in [0.5, 0.6) is 0 Å². The summed E-state index contributed by atoms with van der Waals surface area (Å²) in [5.41, 5.74) is 5.06. The van der Waals surface area contributed by atoms with E-state index in [2.05, 4.69) is 60.8 Å². The van der Waals surface area contributed by atoms with Crippen LogP contribution in [0.4, 0.5) is 0 Å². The van der Waals surface area contributed by atoms with Gasteiger partial charge < -0.3 is 5.32 Å². The highest BCUT2D eigenvalue weighted by molar-refractivity contribution is 7.05. The molecule has 0 aliphatic heterocycles. The molecule has 1 N–H and O–H groups in total. The van der Waals surface area contributed by atoms with Crippen molar-refractivity contribution in [3.63, 3.8) is 0 Å². The average molecular weight is 275 g/mol. The van der Waals surface area contributed by atoms with Crippen LogP contribution in [-0.4, -0.2) is 16.1 Å². The summed E-state index contributed by atoms with van der Waals surface area (Å²) in [5, 5.41) is 7.81. The topological polar surface area (TPSA) is 37.8 Å². The van der Waals surface area contributed by atoms with Gasteiger partial charge >= 0.3 is 0 Å². The fourth-order valence-electron chi connectivity index (χ4n) is 2.38. The largest absolute Gasteiger partial charge is 0.306 e. The molecular weight excluding hydrogens is 254 g/mol. The lowest BCUT2D eigenvalue weighted by molar-refractivity contribution is 0.630. The van der Waals surface area contributed by atoms with Crippen molar-refractivity contribution >= 4 is 11.5 Å².